The number of hydrogen-bond acceptors (Lipinski definition) is 4. The first-order valence-corrected chi connectivity index (χ1v) is 7.03. The van der Waals surface area contributed by atoms with Crippen LogP contribution in [0.5, 0.6) is 0 Å². The Kier molecular flexibility index (Phi) is 3.89. The van der Waals surface area contributed by atoms with Crippen molar-refractivity contribution in [1.29, 1.82) is 0 Å². The van der Waals surface area contributed by atoms with Crippen LogP contribution in [-0.4, -0.2) is 35.1 Å². The maximum atomic E-state index is 11.7. The number of aryl methyl sites for hydroxylation is 1. The van der Waals surface area contributed by atoms with Crippen LogP contribution < -0.4 is 10.6 Å². The Bertz CT molecular complexity index is 586. The fourth-order valence-electron chi connectivity index (χ4n) is 2.88. The average Bonchev–Trinajstić information content (AvgIpc) is 2.84. The number of amides is 1. The number of carboxylic acids is 1. The van der Waals surface area contributed by atoms with E-state index in [0.29, 0.717) is 36.6 Å². The molecule has 0 aliphatic carbocycles. The molecule has 0 radical (unpaired) electrons. The number of carbonyl (C=O) groups is 2. The first-order valence-electron chi connectivity index (χ1n) is 7.03. The van der Waals surface area contributed by atoms with Crippen molar-refractivity contribution < 1.29 is 14.7 Å². The third kappa shape index (κ3) is 2.70. The highest BCUT2D eigenvalue weighted by Crippen LogP contribution is 2.39. The van der Waals surface area contributed by atoms with E-state index in [1.807, 2.05) is 18.7 Å². The van der Waals surface area contributed by atoms with Crippen molar-refractivity contribution in [2.24, 2.45) is 17.1 Å². The quantitative estimate of drug-likeness (QED) is 0.874. The summed E-state index contributed by atoms with van der Waals surface area (Å²) in [6.45, 7) is 6.65. The van der Waals surface area contributed by atoms with E-state index >= 15 is 0 Å². The van der Waals surface area contributed by atoms with Crippen molar-refractivity contribution in [3.8, 4) is 0 Å². The average molecular weight is 291 g/mol. The number of nitrogens with zero attached hydrogens (tertiary/aromatic N) is 2. The molecule has 1 amide bonds. The molecule has 21 heavy (non-hydrogen) atoms. The van der Waals surface area contributed by atoms with Gasteiger partial charge in [0.15, 0.2) is 0 Å². The number of pyridine rings is 1. The molecular formula is C15H21N3O3. The molecule has 0 spiro atoms. The molecule has 0 aromatic carbocycles. The maximum Gasteiger partial charge on any atom is 0.311 e. The lowest BCUT2D eigenvalue weighted by Crippen LogP contribution is -2.39. The molecule has 1 fully saturated rings. The first-order chi connectivity index (χ1) is 9.76. The van der Waals surface area contributed by atoms with Crippen molar-refractivity contribution in [3.63, 3.8) is 0 Å². The maximum absolute atomic E-state index is 11.7. The molecule has 0 bridgehead atoms. The summed E-state index contributed by atoms with van der Waals surface area (Å²) in [6, 6.07) is 3.27. The third-order valence-electron chi connectivity index (χ3n) is 4.38. The highest BCUT2D eigenvalue weighted by atomic mass is 16.4. The van der Waals surface area contributed by atoms with Gasteiger partial charge in [0.2, 0.25) is 5.91 Å². The second-order valence-electron chi connectivity index (χ2n) is 6.01. The van der Waals surface area contributed by atoms with Gasteiger partial charge in [0, 0.05) is 24.3 Å². The van der Waals surface area contributed by atoms with Crippen LogP contribution in [0.15, 0.2) is 12.1 Å². The monoisotopic (exact) mass is 291 g/mol. The molecule has 1 aromatic heterocycles. The summed E-state index contributed by atoms with van der Waals surface area (Å²) in [5.74, 6) is -0.634. The van der Waals surface area contributed by atoms with E-state index in [-0.39, 0.29) is 5.92 Å². The van der Waals surface area contributed by atoms with E-state index in [9.17, 15) is 14.7 Å². The number of aromatic nitrogens is 1. The number of carboxylic acid groups (broad SMARTS) is 1. The van der Waals surface area contributed by atoms with Gasteiger partial charge in [-0.3, -0.25) is 9.59 Å². The van der Waals surface area contributed by atoms with E-state index in [1.54, 1.807) is 19.1 Å². The van der Waals surface area contributed by atoms with Gasteiger partial charge in [-0.15, -0.1) is 0 Å². The lowest BCUT2D eigenvalue weighted by molar-refractivity contribution is -0.150. The summed E-state index contributed by atoms with van der Waals surface area (Å²) in [6.07, 6.45) is 0.571. The van der Waals surface area contributed by atoms with Crippen LogP contribution in [0.1, 0.15) is 36.3 Å². The fraction of sp³-hybridized carbons (Fsp3) is 0.533. The molecule has 2 heterocycles. The number of nitrogens with two attached hydrogens (primary N) is 1. The van der Waals surface area contributed by atoms with Crippen LogP contribution in [0.4, 0.5) is 5.82 Å². The molecule has 1 aromatic rings. The lowest BCUT2D eigenvalue weighted by atomic mass is 9.76. The topological polar surface area (TPSA) is 96.5 Å². The van der Waals surface area contributed by atoms with Crippen LogP contribution >= 0.6 is 0 Å². The summed E-state index contributed by atoms with van der Waals surface area (Å²) in [5.41, 5.74) is 5.65. The van der Waals surface area contributed by atoms with Crippen LogP contribution in [0.2, 0.25) is 0 Å². The summed E-state index contributed by atoms with van der Waals surface area (Å²) in [7, 11) is 0. The van der Waals surface area contributed by atoms with E-state index in [2.05, 4.69) is 4.98 Å². The number of aliphatic carboxylic acids is 1. The van der Waals surface area contributed by atoms with Crippen molar-refractivity contribution in [2.75, 3.05) is 18.0 Å². The number of rotatable bonds is 4. The van der Waals surface area contributed by atoms with Crippen molar-refractivity contribution >= 4 is 17.7 Å². The molecule has 1 unspecified atom stereocenters. The minimum absolute atomic E-state index is 0.0282. The molecule has 114 valence electrons. The first kappa shape index (κ1) is 15.3. The molecule has 6 nitrogen and oxygen atoms in total. The number of carbonyl (C=O) groups excluding carboxylic acids is 1. The zero-order valence-electron chi connectivity index (χ0n) is 12.6. The number of hydrogen-bond donors (Lipinski definition) is 2. The molecule has 2 rings (SSSR count). The Morgan fingerprint density at radius 2 is 2.10 bits per heavy atom. The summed E-state index contributed by atoms with van der Waals surface area (Å²) in [5, 5.41) is 9.58. The Labute approximate surface area is 124 Å². The molecule has 0 saturated carbocycles. The molecular weight excluding hydrogens is 270 g/mol. The number of primary amides is 1. The molecule has 1 aliphatic heterocycles. The van der Waals surface area contributed by atoms with Crippen LogP contribution in [0.3, 0.4) is 0 Å². The van der Waals surface area contributed by atoms with Gasteiger partial charge in [0.25, 0.3) is 0 Å². The van der Waals surface area contributed by atoms with Gasteiger partial charge >= 0.3 is 5.97 Å². The highest BCUT2D eigenvalue weighted by Gasteiger charge is 2.47. The van der Waals surface area contributed by atoms with E-state index in [1.165, 1.54) is 0 Å². The Morgan fingerprint density at radius 3 is 2.57 bits per heavy atom. The standard InChI is InChI=1S/C15H21N3O3/c1-9(2)15(14(20)21)4-5-18(8-15)12-7-11(13(16)19)6-10(3)17-12/h6-7,9H,4-5,8H2,1-3H3,(H2,16,19)(H,20,21). The normalized spacial score (nSPS) is 21.8. The predicted octanol–water partition coefficient (Wildman–Crippen LogP) is 1.43. The van der Waals surface area contributed by atoms with Gasteiger partial charge in [-0.1, -0.05) is 13.8 Å². The van der Waals surface area contributed by atoms with Crippen LogP contribution in [0, 0.1) is 18.3 Å². The highest BCUT2D eigenvalue weighted by molar-refractivity contribution is 5.93. The van der Waals surface area contributed by atoms with E-state index in [4.69, 9.17) is 5.73 Å². The van der Waals surface area contributed by atoms with Gasteiger partial charge in [-0.05, 0) is 31.4 Å². The second kappa shape index (κ2) is 5.35. The molecule has 3 N–H and O–H groups in total. The molecule has 1 atom stereocenters. The Morgan fingerprint density at radius 1 is 1.43 bits per heavy atom. The molecule has 6 heteroatoms. The minimum atomic E-state index is -0.775. The zero-order chi connectivity index (χ0) is 15.8. The Hall–Kier alpha value is -2.11. The van der Waals surface area contributed by atoms with E-state index < -0.39 is 17.3 Å². The van der Waals surface area contributed by atoms with Crippen molar-refractivity contribution in [2.45, 2.75) is 27.2 Å². The van der Waals surface area contributed by atoms with Crippen LogP contribution in [-0.2, 0) is 4.79 Å². The smallest absolute Gasteiger partial charge is 0.311 e. The van der Waals surface area contributed by atoms with Gasteiger partial charge in [0.1, 0.15) is 5.82 Å². The largest absolute Gasteiger partial charge is 0.481 e. The number of anilines is 1. The fourth-order valence-corrected chi connectivity index (χ4v) is 2.88. The molecule has 1 saturated heterocycles. The zero-order valence-corrected chi connectivity index (χ0v) is 12.6. The third-order valence-corrected chi connectivity index (χ3v) is 4.38. The Balaban J connectivity index is 2.33. The second-order valence-corrected chi connectivity index (χ2v) is 6.01. The SMILES string of the molecule is Cc1cc(C(N)=O)cc(N2CCC(C(=O)O)(C(C)C)C2)n1. The van der Waals surface area contributed by atoms with E-state index in [0.717, 1.165) is 0 Å². The van der Waals surface area contributed by atoms with Crippen molar-refractivity contribution in [3.05, 3.63) is 23.4 Å². The predicted molar refractivity (Wildman–Crippen MR) is 79.2 cm³/mol. The van der Waals surface area contributed by atoms with Crippen LogP contribution in [0.25, 0.3) is 0 Å². The van der Waals surface area contributed by atoms with Crippen molar-refractivity contribution in [1.82, 2.24) is 4.98 Å². The van der Waals surface area contributed by atoms with Gasteiger partial charge in [0.05, 0.1) is 5.41 Å². The summed E-state index contributed by atoms with van der Waals surface area (Å²) >= 11 is 0. The minimum Gasteiger partial charge on any atom is -0.481 e. The van der Waals surface area contributed by atoms with Gasteiger partial charge in [-0.2, -0.15) is 0 Å². The summed E-state index contributed by atoms with van der Waals surface area (Å²) < 4.78 is 0. The summed E-state index contributed by atoms with van der Waals surface area (Å²) in [4.78, 5) is 29.3. The lowest BCUT2D eigenvalue weighted by Gasteiger charge is -2.29. The van der Waals surface area contributed by atoms with Gasteiger partial charge < -0.3 is 15.7 Å². The van der Waals surface area contributed by atoms with Gasteiger partial charge in [-0.25, -0.2) is 4.98 Å². The molecule has 1 aliphatic rings.